The highest BCUT2D eigenvalue weighted by atomic mass is 19.3. The second-order valence-corrected chi connectivity index (χ2v) is 8.90. The van der Waals surface area contributed by atoms with Gasteiger partial charge in [-0.05, 0) is 31.2 Å². The number of halogens is 2. The summed E-state index contributed by atoms with van der Waals surface area (Å²) in [5.74, 6) is 2.51. The standard InChI is InChI=1S/C21H24F2N6O2/c22-20(23)31-16-5-13(7-25-19(16)24)15-6-18(28-9-12-1-2-30-17(12)10-28)27-21(26-15)29-8-11-3-14(29)4-11/h5-7,11-12,14,17,20H,1-4,8-10H2,(H2,24,25)/t11?,12-,14?,17+/m1/s1. The monoisotopic (exact) mass is 430 g/mol. The van der Waals surface area contributed by atoms with Gasteiger partial charge in [0, 0.05) is 56.0 Å². The van der Waals surface area contributed by atoms with Crippen LogP contribution in [0.15, 0.2) is 18.3 Å². The Hall–Kier alpha value is -2.75. The van der Waals surface area contributed by atoms with Gasteiger partial charge in [-0.15, -0.1) is 0 Å². The van der Waals surface area contributed by atoms with Gasteiger partial charge in [0.25, 0.3) is 0 Å². The molecule has 1 saturated carbocycles. The normalized spacial score (nSPS) is 28.9. The average molecular weight is 430 g/mol. The van der Waals surface area contributed by atoms with Gasteiger partial charge in [-0.3, -0.25) is 0 Å². The molecule has 8 nitrogen and oxygen atoms in total. The van der Waals surface area contributed by atoms with Crippen molar-refractivity contribution in [3.8, 4) is 17.0 Å². The summed E-state index contributed by atoms with van der Waals surface area (Å²) in [7, 11) is 0. The quantitative estimate of drug-likeness (QED) is 0.774. The van der Waals surface area contributed by atoms with Crippen LogP contribution >= 0.6 is 0 Å². The lowest BCUT2D eigenvalue weighted by Gasteiger charge is -2.27. The molecule has 5 aliphatic rings. The van der Waals surface area contributed by atoms with Gasteiger partial charge < -0.3 is 25.0 Å². The maximum Gasteiger partial charge on any atom is 0.387 e. The lowest BCUT2D eigenvalue weighted by atomic mass is 9.86. The molecule has 4 saturated heterocycles. The van der Waals surface area contributed by atoms with Crippen molar-refractivity contribution < 1.29 is 18.3 Å². The van der Waals surface area contributed by atoms with E-state index in [4.69, 9.17) is 20.4 Å². The number of nitrogens with zero attached hydrogens (tertiary/aromatic N) is 5. The number of alkyl halides is 2. The fraction of sp³-hybridized carbons (Fsp3) is 0.571. The molecule has 2 N–H and O–H groups in total. The maximum absolute atomic E-state index is 12.8. The molecule has 4 aliphatic heterocycles. The van der Waals surface area contributed by atoms with Gasteiger partial charge in [-0.1, -0.05) is 0 Å². The third-order valence-electron chi connectivity index (χ3n) is 6.98. The Bertz CT molecular complexity index is 990. The highest BCUT2D eigenvalue weighted by Crippen LogP contribution is 2.43. The van der Waals surface area contributed by atoms with E-state index in [0.29, 0.717) is 35.1 Å². The van der Waals surface area contributed by atoms with Gasteiger partial charge >= 0.3 is 6.61 Å². The van der Waals surface area contributed by atoms with E-state index in [1.165, 1.54) is 25.1 Å². The average Bonchev–Trinajstić information content (AvgIpc) is 3.48. The van der Waals surface area contributed by atoms with Crippen molar-refractivity contribution in [2.75, 3.05) is 41.8 Å². The van der Waals surface area contributed by atoms with Crippen LogP contribution in [-0.2, 0) is 4.74 Å². The van der Waals surface area contributed by atoms with Crippen molar-refractivity contribution in [1.29, 1.82) is 0 Å². The number of nitrogen functional groups attached to an aromatic ring is 1. The first kappa shape index (κ1) is 19.0. The van der Waals surface area contributed by atoms with Crippen LogP contribution in [0.1, 0.15) is 19.3 Å². The molecule has 0 unspecified atom stereocenters. The Kier molecular flexibility index (Phi) is 4.38. The van der Waals surface area contributed by atoms with Gasteiger partial charge in [0.2, 0.25) is 5.95 Å². The minimum absolute atomic E-state index is 0.0802. The van der Waals surface area contributed by atoms with Gasteiger partial charge in [-0.25, -0.2) is 9.97 Å². The topological polar surface area (TPSA) is 89.6 Å². The number of hydrogen-bond acceptors (Lipinski definition) is 8. The van der Waals surface area contributed by atoms with E-state index in [9.17, 15) is 8.78 Å². The van der Waals surface area contributed by atoms with Crippen LogP contribution in [0.5, 0.6) is 5.75 Å². The molecule has 0 amide bonds. The number of aromatic nitrogens is 3. The number of nitrogens with two attached hydrogens (primary N) is 1. The zero-order valence-corrected chi connectivity index (χ0v) is 17.0. The molecule has 2 atom stereocenters. The SMILES string of the molecule is Nc1ncc(-c2cc(N3C[C@H]4CCO[C@H]4C3)nc(N3CC4CC3C4)n2)cc1OC(F)F. The lowest BCUT2D eigenvalue weighted by Crippen LogP contribution is -2.31. The maximum atomic E-state index is 12.8. The van der Waals surface area contributed by atoms with Crippen molar-refractivity contribution in [3.63, 3.8) is 0 Å². The molecular weight excluding hydrogens is 406 g/mol. The van der Waals surface area contributed by atoms with Crippen LogP contribution in [-0.4, -0.2) is 60.0 Å². The number of rotatable bonds is 5. The van der Waals surface area contributed by atoms with Crippen molar-refractivity contribution in [3.05, 3.63) is 18.3 Å². The van der Waals surface area contributed by atoms with Crippen LogP contribution < -0.4 is 20.3 Å². The summed E-state index contributed by atoms with van der Waals surface area (Å²) in [4.78, 5) is 18.2. The summed E-state index contributed by atoms with van der Waals surface area (Å²) in [5, 5.41) is 0. The molecule has 5 fully saturated rings. The van der Waals surface area contributed by atoms with Crippen LogP contribution in [0.4, 0.5) is 26.4 Å². The third kappa shape index (κ3) is 3.33. The highest BCUT2D eigenvalue weighted by Gasteiger charge is 2.44. The van der Waals surface area contributed by atoms with E-state index >= 15 is 0 Å². The van der Waals surface area contributed by atoms with Gasteiger partial charge in [0.15, 0.2) is 11.6 Å². The van der Waals surface area contributed by atoms with Crippen LogP contribution in [0.2, 0.25) is 0 Å². The highest BCUT2D eigenvalue weighted by molar-refractivity contribution is 5.68. The summed E-state index contributed by atoms with van der Waals surface area (Å²) in [5.41, 5.74) is 6.90. The van der Waals surface area contributed by atoms with Crippen molar-refractivity contribution in [2.24, 2.45) is 11.8 Å². The van der Waals surface area contributed by atoms with E-state index in [2.05, 4.69) is 19.5 Å². The van der Waals surface area contributed by atoms with Crippen LogP contribution in [0.25, 0.3) is 11.3 Å². The second-order valence-electron chi connectivity index (χ2n) is 8.90. The van der Waals surface area contributed by atoms with E-state index in [1.807, 2.05) is 6.07 Å². The molecule has 2 aromatic rings. The summed E-state index contributed by atoms with van der Waals surface area (Å²) in [6.07, 6.45) is 5.21. The predicted molar refractivity (Wildman–Crippen MR) is 110 cm³/mol. The van der Waals surface area contributed by atoms with Gasteiger partial charge in [-0.2, -0.15) is 13.8 Å². The number of hydrogen-bond donors (Lipinski definition) is 1. The van der Waals surface area contributed by atoms with E-state index in [0.717, 1.165) is 38.5 Å². The lowest BCUT2D eigenvalue weighted by molar-refractivity contribution is -0.0494. The first-order valence-electron chi connectivity index (χ1n) is 10.8. The molecule has 0 aromatic carbocycles. The molecule has 164 valence electrons. The van der Waals surface area contributed by atoms with E-state index in [1.54, 1.807) is 0 Å². The Morgan fingerprint density at radius 2 is 2.03 bits per heavy atom. The van der Waals surface area contributed by atoms with Crippen molar-refractivity contribution in [1.82, 2.24) is 15.0 Å². The molecule has 7 rings (SSSR count). The third-order valence-corrected chi connectivity index (χ3v) is 6.98. The Balaban J connectivity index is 1.38. The molecule has 10 heteroatoms. The summed E-state index contributed by atoms with van der Waals surface area (Å²) >= 11 is 0. The minimum atomic E-state index is -2.98. The summed E-state index contributed by atoms with van der Waals surface area (Å²) in [6.45, 7) is 0.501. The number of anilines is 3. The Morgan fingerprint density at radius 3 is 2.77 bits per heavy atom. The predicted octanol–water partition coefficient (Wildman–Crippen LogP) is 2.55. The van der Waals surface area contributed by atoms with Crippen molar-refractivity contribution >= 4 is 17.6 Å². The fourth-order valence-corrected chi connectivity index (χ4v) is 5.29. The van der Waals surface area contributed by atoms with Crippen molar-refractivity contribution in [2.45, 2.75) is 38.0 Å². The molecule has 0 radical (unpaired) electrons. The van der Waals surface area contributed by atoms with Gasteiger partial charge in [0.05, 0.1) is 11.8 Å². The van der Waals surface area contributed by atoms with Crippen LogP contribution in [0.3, 0.4) is 0 Å². The van der Waals surface area contributed by atoms with Gasteiger partial charge in [0.1, 0.15) is 5.82 Å². The number of fused-ring (bicyclic) bond motifs is 2. The first-order valence-corrected chi connectivity index (χ1v) is 10.8. The molecule has 1 aliphatic carbocycles. The number of ether oxygens (including phenoxy) is 2. The smallest absolute Gasteiger partial charge is 0.387 e. The van der Waals surface area contributed by atoms with E-state index in [-0.39, 0.29) is 17.7 Å². The summed E-state index contributed by atoms with van der Waals surface area (Å²) < 4.78 is 35.9. The number of pyridine rings is 1. The minimum Gasteiger partial charge on any atom is -0.431 e. The zero-order chi connectivity index (χ0) is 21.1. The second kappa shape index (κ2) is 7.15. The summed E-state index contributed by atoms with van der Waals surface area (Å²) in [6, 6.07) is 3.84. The Morgan fingerprint density at radius 1 is 1.16 bits per heavy atom. The first-order chi connectivity index (χ1) is 15.0. The molecule has 2 aromatic heterocycles. The molecule has 31 heavy (non-hydrogen) atoms. The zero-order valence-electron chi connectivity index (χ0n) is 17.0. The molecule has 0 spiro atoms. The molecular formula is C21H24F2N6O2. The van der Waals surface area contributed by atoms with E-state index < -0.39 is 6.61 Å². The Labute approximate surface area is 178 Å². The largest absolute Gasteiger partial charge is 0.431 e. The fourth-order valence-electron chi connectivity index (χ4n) is 5.29. The van der Waals surface area contributed by atoms with Crippen LogP contribution in [0, 0.1) is 11.8 Å². The molecule has 6 heterocycles. The molecule has 2 bridgehead atoms.